The van der Waals surface area contributed by atoms with Crippen LogP contribution in [0.15, 0.2) is 22.5 Å². The van der Waals surface area contributed by atoms with Gasteiger partial charge in [-0.05, 0) is 26.0 Å². The average Bonchev–Trinajstić information content (AvgIpc) is 2.93. The highest BCUT2D eigenvalue weighted by Gasteiger charge is 2.13. The van der Waals surface area contributed by atoms with Crippen molar-refractivity contribution in [3.8, 4) is 0 Å². The van der Waals surface area contributed by atoms with E-state index in [1.54, 1.807) is 19.1 Å². The van der Waals surface area contributed by atoms with Crippen LogP contribution in [0.25, 0.3) is 0 Å². The Bertz CT molecular complexity index is 675. The summed E-state index contributed by atoms with van der Waals surface area (Å²) in [5.41, 5.74) is 1.08. The highest BCUT2D eigenvalue weighted by molar-refractivity contribution is 8.01. The number of amides is 1. The third-order valence-electron chi connectivity index (χ3n) is 2.37. The van der Waals surface area contributed by atoms with E-state index in [4.69, 9.17) is 4.74 Å². The zero-order valence-electron chi connectivity index (χ0n) is 12.0. The lowest BCUT2D eigenvalue weighted by atomic mass is 10.3. The summed E-state index contributed by atoms with van der Waals surface area (Å²) in [5, 5.41) is 10.8. The molecule has 9 heteroatoms. The molecule has 116 valence electrons. The van der Waals surface area contributed by atoms with Gasteiger partial charge in [-0.25, -0.2) is 4.98 Å². The van der Waals surface area contributed by atoms with Crippen LogP contribution in [0.2, 0.25) is 0 Å². The maximum Gasteiger partial charge on any atom is 0.316 e. The van der Waals surface area contributed by atoms with Crippen molar-refractivity contribution in [1.29, 1.82) is 0 Å². The van der Waals surface area contributed by atoms with Gasteiger partial charge in [0.2, 0.25) is 5.13 Å². The first-order valence-electron chi connectivity index (χ1n) is 6.45. The smallest absolute Gasteiger partial charge is 0.316 e. The van der Waals surface area contributed by atoms with Crippen molar-refractivity contribution in [3.63, 3.8) is 0 Å². The van der Waals surface area contributed by atoms with Crippen LogP contribution in [0.1, 0.15) is 23.1 Å². The number of aromatic nitrogens is 3. The van der Waals surface area contributed by atoms with Crippen molar-refractivity contribution in [3.05, 3.63) is 29.6 Å². The van der Waals surface area contributed by atoms with Crippen LogP contribution < -0.4 is 5.32 Å². The van der Waals surface area contributed by atoms with Crippen LogP contribution in [0.4, 0.5) is 5.13 Å². The second-order valence-corrected chi connectivity index (χ2v) is 6.29. The van der Waals surface area contributed by atoms with Gasteiger partial charge < -0.3 is 4.74 Å². The lowest BCUT2D eigenvalue weighted by Gasteiger charge is -2.00. The topological polar surface area (TPSA) is 94.1 Å². The molecule has 0 bridgehead atoms. The third kappa shape index (κ3) is 4.78. The number of carbonyl (C=O) groups is 2. The van der Waals surface area contributed by atoms with Gasteiger partial charge in [-0.3, -0.25) is 14.9 Å². The summed E-state index contributed by atoms with van der Waals surface area (Å²) >= 11 is 2.41. The monoisotopic (exact) mass is 338 g/mol. The molecular weight excluding hydrogens is 324 g/mol. The lowest BCUT2D eigenvalue weighted by molar-refractivity contribution is -0.139. The number of aryl methyl sites for hydroxylation is 1. The molecule has 2 aromatic heterocycles. The van der Waals surface area contributed by atoms with Crippen LogP contribution in [-0.4, -0.2) is 39.4 Å². The Kier molecular flexibility index (Phi) is 5.84. The maximum absolute atomic E-state index is 12.0. The number of hydrogen-bond acceptors (Lipinski definition) is 8. The first-order valence-corrected chi connectivity index (χ1v) is 8.25. The van der Waals surface area contributed by atoms with E-state index in [0.29, 0.717) is 21.8 Å². The quantitative estimate of drug-likeness (QED) is 0.490. The molecule has 0 atom stereocenters. The van der Waals surface area contributed by atoms with E-state index in [1.807, 2.05) is 13.0 Å². The van der Waals surface area contributed by atoms with Gasteiger partial charge in [0.1, 0.15) is 5.69 Å². The van der Waals surface area contributed by atoms with E-state index < -0.39 is 0 Å². The first-order chi connectivity index (χ1) is 10.6. The molecule has 2 aromatic rings. The van der Waals surface area contributed by atoms with E-state index >= 15 is 0 Å². The molecule has 0 unspecified atom stereocenters. The number of anilines is 1. The van der Waals surface area contributed by atoms with Gasteiger partial charge in [0.25, 0.3) is 5.91 Å². The number of rotatable bonds is 6. The van der Waals surface area contributed by atoms with Gasteiger partial charge in [-0.2, -0.15) is 0 Å². The number of nitrogens with one attached hydrogen (secondary N) is 1. The number of hydrogen-bond donors (Lipinski definition) is 1. The van der Waals surface area contributed by atoms with E-state index in [0.717, 1.165) is 5.69 Å². The number of ether oxygens (including phenoxy) is 1. The maximum atomic E-state index is 12.0. The number of pyridine rings is 1. The molecule has 0 aromatic carbocycles. The fourth-order valence-electron chi connectivity index (χ4n) is 1.47. The van der Waals surface area contributed by atoms with Crippen LogP contribution >= 0.6 is 23.1 Å². The van der Waals surface area contributed by atoms with Crippen molar-refractivity contribution in [2.24, 2.45) is 0 Å². The molecule has 2 rings (SSSR count). The molecule has 1 amide bonds. The van der Waals surface area contributed by atoms with E-state index in [9.17, 15) is 9.59 Å². The van der Waals surface area contributed by atoms with Crippen LogP contribution in [0, 0.1) is 6.92 Å². The molecule has 0 saturated heterocycles. The Morgan fingerprint density at radius 2 is 2.18 bits per heavy atom. The predicted molar refractivity (Wildman–Crippen MR) is 84.2 cm³/mol. The van der Waals surface area contributed by atoms with E-state index in [1.165, 1.54) is 23.1 Å². The Morgan fingerprint density at radius 1 is 1.36 bits per heavy atom. The average molecular weight is 338 g/mol. The Morgan fingerprint density at radius 3 is 2.91 bits per heavy atom. The summed E-state index contributed by atoms with van der Waals surface area (Å²) in [4.78, 5) is 27.4. The van der Waals surface area contributed by atoms with E-state index in [-0.39, 0.29) is 17.6 Å². The largest absolute Gasteiger partial charge is 0.465 e. The molecule has 0 aliphatic carbocycles. The molecule has 0 aliphatic heterocycles. The summed E-state index contributed by atoms with van der Waals surface area (Å²) in [5.74, 6) is -0.491. The molecule has 7 nitrogen and oxygen atoms in total. The third-order valence-corrected chi connectivity index (χ3v) is 4.31. The standard InChI is InChI=1S/C13H14N4O3S2/c1-3-20-10(18)7-21-13-17-16-12(22-13)15-11(19)9-6-4-5-8(2)14-9/h4-6H,3,7H2,1-2H3,(H,15,16,19). The molecule has 0 radical (unpaired) electrons. The second-order valence-electron chi connectivity index (χ2n) is 4.09. The van der Waals surface area contributed by atoms with Gasteiger partial charge >= 0.3 is 5.97 Å². The highest BCUT2D eigenvalue weighted by atomic mass is 32.2. The summed E-state index contributed by atoms with van der Waals surface area (Å²) in [6.45, 7) is 3.91. The van der Waals surface area contributed by atoms with Gasteiger partial charge in [0, 0.05) is 5.69 Å². The number of thioether (sulfide) groups is 1. The zero-order valence-corrected chi connectivity index (χ0v) is 13.7. The molecule has 2 heterocycles. The molecule has 1 N–H and O–H groups in total. The van der Waals surface area contributed by atoms with Crippen molar-refractivity contribution in [2.45, 2.75) is 18.2 Å². The number of carbonyl (C=O) groups excluding carboxylic acids is 2. The minimum absolute atomic E-state index is 0.163. The Labute approximate surface area is 135 Å². The van der Waals surface area contributed by atoms with E-state index in [2.05, 4.69) is 20.5 Å². The van der Waals surface area contributed by atoms with Crippen molar-refractivity contribution >= 4 is 40.1 Å². The van der Waals surface area contributed by atoms with Crippen molar-refractivity contribution in [1.82, 2.24) is 15.2 Å². The Balaban J connectivity index is 1.91. The molecule has 22 heavy (non-hydrogen) atoms. The fraction of sp³-hybridized carbons (Fsp3) is 0.308. The van der Waals surface area contributed by atoms with Crippen LogP contribution in [0.5, 0.6) is 0 Å². The number of esters is 1. The summed E-state index contributed by atoms with van der Waals surface area (Å²) in [6.07, 6.45) is 0. The summed E-state index contributed by atoms with van der Waals surface area (Å²) < 4.78 is 5.41. The first kappa shape index (κ1) is 16.4. The minimum atomic E-state index is -0.346. The van der Waals surface area contributed by atoms with Gasteiger partial charge in [0.15, 0.2) is 4.34 Å². The molecule has 0 fully saturated rings. The molecule has 0 aliphatic rings. The normalized spacial score (nSPS) is 10.3. The van der Waals surface area contributed by atoms with Crippen molar-refractivity contribution in [2.75, 3.05) is 17.7 Å². The van der Waals surface area contributed by atoms with Gasteiger partial charge in [-0.1, -0.05) is 29.2 Å². The fourth-order valence-corrected chi connectivity index (χ4v) is 3.02. The second kappa shape index (κ2) is 7.85. The molecule has 0 spiro atoms. The van der Waals surface area contributed by atoms with Crippen molar-refractivity contribution < 1.29 is 14.3 Å². The van der Waals surface area contributed by atoms with Gasteiger partial charge in [0.05, 0.1) is 12.4 Å². The van der Waals surface area contributed by atoms with Crippen LogP contribution in [-0.2, 0) is 9.53 Å². The number of nitrogens with zero attached hydrogens (tertiary/aromatic N) is 3. The van der Waals surface area contributed by atoms with Crippen LogP contribution in [0.3, 0.4) is 0 Å². The molecule has 0 saturated carbocycles. The van der Waals surface area contributed by atoms with Gasteiger partial charge in [-0.15, -0.1) is 10.2 Å². The minimum Gasteiger partial charge on any atom is -0.465 e. The SMILES string of the molecule is CCOC(=O)CSc1nnc(NC(=O)c2cccc(C)n2)s1. The highest BCUT2D eigenvalue weighted by Crippen LogP contribution is 2.25. The zero-order chi connectivity index (χ0) is 15.9. The molecular formula is C13H14N4O3S2. The summed E-state index contributed by atoms with van der Waals surface area (Å²) in [6, 6.07) is 5.20. The Hall–Kier alpha value is -2.00. The lowest BCUT2D eigenvalue weighted by Crippen LogP contribution is -2.13. The predicted octanol–water partition coefficient (Wildman–Crippen LogP) is 2.15. The summed E-state index contributed by atoms with van der Waals surface area (Å²) in [7, 11) is 0.